The number of hydrogen-bond donors (Lipinski definition) is 1. The lowest BCUT2D eigenvalue weighted by Gasteiger charge is -2.40. The Morgan fingerprint density at radius 3 is 1.93 bits per heavy atom. The average Bonchev–Trinajstić information content (AvgIpc) is 3.09. The van der Waals surface area contributed by atoms with E-state index in [1.807, 2.05) is 0 Å². The normalized spacial score (nSPS) is 20.1. The molecule has 1 heterocycles. The SMILES string of the molecule is Cl.Cl.Fc1cc(C(F)(F)F)cc(C(F)(F)F)c1[C@@H](C1CCCC1)N1CCNCC1. The van der Waals surface area contributed by atoms with Gasteiger partial charge in [0.25, 0.3) is 0 Å². The number of nitrogens with one attached hydrogen (secondary N) is 1. The topological polar surface area (TPSA) is 15.3 Å². The molecule has 0 spiro atoms. The molecule has 1 atom stereocenters. The highest BCUT2D eigenvalue weighted by Gasteiger charge is 2.44. The minimum absolute atomic E-state index is 0. The minimum Gasteiger partial charge on any atom is -0.314 e. The van der Waals surface area contributed by atoms with Gasteiger partial charge in [0.05, 0.1) is 11.1 Å². The molecule has 1 aromatic rings. The quantitative estimate of drug-likeness (QED) is 0.558. The first-order valence-electron chi connectivity index (χ1n) is 9.01. The van der Waals surface area contributed by atoms with Crippen LogP contribution in [-0.2, 0) is 12.4 Å². The molecule has 29 heavy (non-hydrogen) atoms. The lowest BCUT2D eigenvalue weighted by molar-refractivity contribution is -0.144. The average molecular weight is 471 g/mol. The van der Waals surface area contributed by atoms with E-state index in [1.54, 1.807) is 4.90 Å². The Balaban J connectivity index is 0.00000210. The number of nitrogens with zero attached hydrogens (tertiary/aromatic N) is 1. The van der Waals surface area contributed by atoms with Crippen LogP contribution in [0.15, 0.2) is 12.1 Å². The Hall–Kier alpha value is -0.770. The number of hydrogen-bond acceptors (Lipinski definition) is 2. The van der Waals surface area contributed by atoms with Crippen molar-refractivity contribution in [3.8, 4) is 0 Å². The summed E-state index contributed by atoms with van der Waals surface area (Å²) in [4.78, 5) is 1.79. The maximum Gasteiger partial charge on any atom is 0.416 e. The van der Waals surface area contributed by atoms with Gasteiger partial charge in [-0.2, -0.15) is 26.3 Å². The molecule has 0 radical (unpaired) electrons. The fraction of sp³-hybridized carbons (Fsp3) is 0.667. The summed E-state index contributed by atoms with van der Waals surface area (Å²) < 4.78 is 94.6. The van der Waals surface area contributed by atoms with E-state index in [9.17, 15) is 30.7 Å². The van der Waals surface area contributed by atoms with Gasteiger partial charge < -0.3 is 5.32 Å². The maximum atomic E-state index is 14.8. The van der Waals surface area contributed by atoms with Crippen molar-refractivity contribution in [1.29, 1.82) is 0 Å². The van der Waals surface area contributed by atoms with E-state index in [2.05, 4.69) is 5.32 Å². The fourth-order valence-corrected chi connectivity index (χ4v) is 4.27. The van der Waals surface area contributed by atoms with E-state index >= 15 is 0 Å². The van der Waals surface area contributed by atoms with E-state index in [4.69, 9.17) is 0 Å². The highest BCUT2D eigenvalue weighted by atomic mass is 35.5. The Morgan fingerprint density at radius 1 is 0.897 bits per heavy atom. The third kappa shape index (κ3) is 5.89. The molecule has 11 heteroatoms. The molecular weight excluding hydrogens is 448 g/mol. The van der Waals surface area contributed by atoms with Crippen LogP contribution in [-0.4, -0.2) is 31.1 Å². The molecule has 2 aliphatic rings. The molecular formula is C18H23Cl2F7N2. The molecule has 1 saturated carbocycles. The standard InChI is InChI=1S/C18H21F7N2.2ClH/c19-14-10-12(17(20,21)22)9-13(18(23,24)25)15(14)16(11-3-1-2-4-11)27-7-5-26-6-8-27;;/h9-11,16,26H,1-8H2;2*1H/t16-;;/m1../s1. The van der Waals surface area contributed by atoms with Gasteiger partial charge in [-0.25, -0.2) is 4.39 Å². The van der Waals surface area contributed by atoms with Gasteiger partial charge in [-0.3, -0.25) is 4.90 Å². The molecule has 2 nitrogen and oxygen atoms in total. The van der Waals surface area contributed by atoms with Gasteiger partial charge in [-0.1, -0.05) is 12.8 Å². The summed E-state index contributed by atoms with van der Waals surface area (Å²) >= 11 is 0. The molecule has 1 aliphatic heterocycles. The van der Waals surface area contributed by atoms with Crippen LogP contribution < -0.4 is 5.32 Å². The molecule has 3 rings (SSSR count). The van der Waals surface area contributed by atoms with Crippen LogP contribution in [0.1, 0.15) is 48.4 Å². The molecule has 1 saturated heterocycles. The Morgan fingerprint density at radius 2 is 1.45 bits per heavy atom. The molecule has 1 aliphatic carbocycles. The summed E-state index contributed by atoms with van der Waals surface area (Å²) in [5.74, 6) is -1.62. The van der Waals surface area contributed by atoms with Crippen molar-refractivity contribution in [2.45, 2.75) is 44.1 Å². The molecule has 0 unspecified atom stereocenters. The predicted octanol–water partition coefficient (Wildman–Crippen LogP) is 5.84. The van der Waals surface area contributed by atoms with Crippen molar-refractivity contribution < 1.29 is 30.7 Å². The largest absolute Gasteiger partial charge is 0.416 e. The van der Waals surface area contributed by atoms with Crippen LogP contribution >= 0.6 is 24.8 Å². The second kappa shape index (κ2) is 10.0. The van der Waals surface area contributed by atoms with Crippen molar-refractivity contribution in [2.75, 3.05) is 26.2 Å². The van der Waals surface area contributed by atoms with Gasteiger partial charge in [0.1, 0.15) is 5.82 Å². The van der Waals surface area contributed by atoms with Gasteiger partial charge in [0.2, 0.25) is 0 Å². The van der Waals surface area contributed by atoms with Crippen LogP contribution in [0, 0.1) is 11.7 Å². The van der Waals surface area contributed by atoms with Crippen LogP contribution in [0.3, 0.4) is 0 Å². The van der Waals surface area contributed by atoms with Gasteiger partial charge in [0.15, 0.2) is 0 Å². The van der Waals surface area contributed by atoms with Crippen molar-refractivity contribution in [3.63, 3.8) is 0 Å². The van der Waals surface area contributed by atoms with Crippen molar-refractivity contribution >= 4 is 24.8 Å². The van der Waals surface area contributed by atoms with E-state index in [0.29, 0.717) is 39.0 Å². The molecule has 168 valence electrons. The monoisotopic (exact) mass is 470 g/mol. The molecule has 0 bridgehead atoms. The number of halogens is 9. The maximum absolute atomic E-state index is 14.8. The van der Waals surface area contributed by atoms with E-state index in [-0.39, 0.29) is 42.9 Å². The third-order valence-corrected chi connectivity index (χ3v) is 5.45. The Kier molecular flexibility index (Phi) is 9.08. The minimum atomic E-state index is -5.07. The first-order valence-corrected chi connectivity index (χ1v) is 9.01. The Bertz CT molecular complexity index is 667. The van der Waals surface area contributed by atoms with E-state index < -0.39 is 40.9 Å². The van der Waals surface area contributed by atoms with Crippen LogP contribution in [0.4, 0.5) is 30.7 Å². The zero-order chi connectivity index (χ0) is 19.8. The van der Waals surface area contributed by atoms with Gasteiger partial charge >= 0.3 is 12.4 Å². The van der Waals surface area contributed by atoms with Crippen LogP contribution in [0.25, 0.3) is 0 Å². The van der Waals surface area contributed by atoms with E-state index in [1.165, 1.54) is 0 Å². The zero-order valence-electron chi connectivity index (χ0n) is 15.4. The predicted molar refractivity (Wildman–Crippen MR) is 100 cm³/mol. The first kappa shape index (κ1) is 26.3. The molecule has 0 amide bonds. The highest BCUT2D eigenvalue weighted by molar-refractivity contribution is 5.85. The lowest BCUT2D eigenvalue weighted by atomic mass is 9.85. The molecule has 0 aromatic heterocycles. The van der Waals surface area contributed by atoms with Crippen molar-refractivity contribution in [2.24, 2.45) is 5.92 Å². The van der Waals surface area contributed by atoms with Crippen molar-refractivity contribution in [1.82, 2.24) is 10.2 Å². The van der Waals surface area contributed by atoms with Crippen molar-refractivity contribution in [3.05, 3.63) is 34.6 Å². The number of rotatable bonds is 3. The summed E-state index contributed by atoms with van der Waals surface area (Å²) in [6.45, 7) is 1.96. The van der Waals surface area contributed by atoms with Crippen LogP contribution in [0.5, 0.6) is 0 Å². The lowest BCUT2D eigenvalue weighted by Crippen LogP contribution is -2.47. The second-order valence-corrected chi connectivity index (χ2v) is 7.19. The second-order valence-electron chi connectivity index (χ2n) is 7.19. The summed E-state index contributed by atoms with van der Waals surface area (Å²) in [5.41, 5.74) is -3.75. The van der Waals surface area contributed by atoms with E-state index in [0.717, 1.165) is 12.8 Å². The first-order chi connectivity index (χ1) is 12.6. The Labute approximate surface area is 177 Å². The number of alkyl halides is 6. The zero-order valence-corrected chi connectivity index (χ0v) is 17.0. The smallest absolute Gasteiger partial charge is 0.314 e. The third-order valence-electron chi connectivity index (χ3n) is 5.45. The summed E-state index contributed by atoms with van der Waals surface area (Å²) in [6, 6.07) is -0.606. The highest BCUT2D eigenvalue weighted by Crippen LogP contribution is 2.47. The molecule has 1 aromatic carbocycles. The number of piperazine rings is 1. The van der Waals surface area contributed by atoms with Gasteiger partial charge in [-0.05, 0) is 30.9 Å². The summed E-state index contributed by atoms with van der Waals surface area (Å²) in [6.07, 6.45) is -7.16. The van der Waals surface area contributed by atoms with Gasteiger partial charge in [0, 0.05) is 37.8 Å². The fourth-order valence-electron chi connectivity index (χ4n) is 4.27. The molecule has 1 N–H and O–H groups in total. The number of benzene rings is 1. The summed E-state index contributed by atoms with van der Waals surface area (Å²) in [5, 5.41) is 3.09. The summed E-state index contributed by atoms with van der Waals surface area (Å²) in [7, 11) is 0. The molecule has 2 fully saturated rings. The van der Waals surface area contributed by atoms with Crippen LogP contribution in [0.2, 0.25) is 0 Å². The van der Waals surface area contributed by atoms with Gasteiger partial charge in [-0.15, -0.1) is 24.8 Å².